The Morgan fingerprint density at radius 3 is 2.88 bits per heavy atom. The summed E-state index contributed by atoms with van der Waals surface area (Å²) in [4.78, 5) is 11.8. The molecule has 3 nitrogen and oxygen atoms in total. The summed E-state index contributed by atoms with van der Waals surface area (Å²) in [6.45, 7) is 3.03. The molecule has 1 rings (SSSR count). The monoisotopic (exact) mass is 298 g/mol. The molecule has 0 saturated heterocycles. The summed E-state index contributed by atoms with van der Waals surface area (Å²) < 4.78 is 1.02. The van der Waals surface area contributed by atoms with Crippen molar-refractivity contribution in [1.29, 1.82) is 0 Å². The third-order valence-corrected chi connectivity index (χ3v) is 3.14. The Hall–Kier alpha value is -0.870. The van der Waals surface area contributed by atoms with Crippen LogP contribution in [0.4, 0.5) is 0 Å². The molecule has 0 aliphatic rings. The maximum atomic E-state index is 11.8. The normalized spacial score (nSPS) is 12.2. The van der Waals surface area contributed by atoms with Crippen LogP contribution in [0, 0.1) is 5.92 Å². The van der Waals surface area contributed by atoms with Crippen molar-refractivity contribution in [1.82, 2.24) is 5.32 Å². The van der Waals surface area contributed by atoms with Crippen LogP contribution in [0.5, 0.6) is 0 Å². The standard InChI is InChI=1S/C13H19BrN2O/c1-2-4-11(8-15)13(17)16-9-10-5-3-6-12(14)7-10/h3,5-7,11H,2,4,8-9,15H2,1H3,(H,16,17). The van der Waals surface area contributed by atoms with Gasteiger partial charge in [0.15, 0.2) is 0 Å². The van der Waals surface area contributed by atoms with Gasteiger partial charge in [-0.25, -0.2) is 0 Å². The summed E-state index contributed by atoms with van der Waals surface area (Å²) in [7, 11) is 0. The topological polar surface area (TPSA) is 55.1 Å². The van der Waals surface area contributed by atoms with Crippen LogP contribution in [-0.2, 0) is 11.3 Å². The van der Waals surface area contributed by atoms with Crippen LogP contribution in [0.2, 0.25) is 0 Å². The van der Waals surface area contributed by atoms with Gasteiger partial charge in [-0.2, -0.15) is 0 Å². The van der Waals surface area contributed by atoms with E-state index in [9.17, 15) is 4.79 Å². The summed E-state index contributed by atoms with van der Waals surface area (Å²) in [6, 6.07) is 7.91. The molecule has 1 unspecified atom stereocenters. The van der Waals surface area contributed by atoms with E-state index in [4.69, 9.17) is 5.73 Å². The van der Waals surface area contributed by atoms with E-state index in [0.717, 1.165) is 22.9 Å². The van der Waals surface area contributed by atoms with E-state index in [1.165, 1.54) is 0 Å². The molecule has 4 heteroatoms. The summed E-state index contributed by atoms with van der Waals surface area (Å²) in [6.07, 6.45) is 1.83. The van der Waals surface area contributed by atoms with E-state index < -0.39 is 0 Å². The van der Waals surface area contributed by atoms with E-state index in [2.05, 4.69) is 28.2 Å². The molecule has 1 aromatic carbocycles. The van der Waals surface area contributed by atoms with Gasteiger partial charge in [0.25, 0.3) is 0 Å². The molecular formula is C13H19BrN2O. The molecule has 0 aliphatic heterocycles. The number of hydrogen-bond donors (Lipinski definition) is 2. The van der Waals surface area contributed by atoms with Gasteiger partial charge in [-0.15, -0.1) is 0 Å². The Morgan fingerprint density at radius 2 is 2.29 bits per heavy atom. The van der Waals surface area contributed by atoms with Crippen LogP contribution in [0.3, 0.4) is 0 Å². The van der Waals surface area contributed by atoms with E-state index in [1.54, 1.807) is 0 Å². The van der Waals surface area contributed by atoms with Crippen molar-refractivity contribution in [3.05, 3.63) is 34.3 Å². The minimum atomic E-state index is -0.0628. The first-order chi connectivity index (χ1) is 8.17. The first-order valence-electron chi connectivity index (χ1n) is 5.89. The SMILES string of the molecule is CCCC(CN)C(=O)NCc1cccc(Br)c1. The number of benzene rings is 1. The van der Waals surface area contributed by atoms with Crippen molar-refractivity contribution in [3.8, 4) is 0 Å². The second kappa shape index (κ2) is 7.45. The second-order valence-corrected chi connectivity index (χ2v) is 4.98. The highest BCUT2D eigenvalue weighted by molar-refractivity contribution is 9.10. The second-order valence-electron chi connectivity index (χ2n) is 4.07. The molecule has 0 spiro atoms. The van der Waals surface area contributed by atoms with Crippen molar-refractivity contribution in [2.24, 2.45) is 11.7 Å². The third-order valence-electron chi connectivity index (χ3n) is 2.65. The zero-order valence-electron chi connectivity index (χ0n) is 10.1. The van der Waals surface area contributed by atoms with Gasteiger partial charge < -0.3 is 11.1 Å². The van der Waals surface area contributed by atoms with Crippen LogP contribution in [-0.4, -0.2) is 12.5 Å². The number of amides is 1. The van der Waals surface area contributed by atoms with E-state index in [-0.39, 0.29) is 11.8 Å². The third kappa shape index (κ3) is 4.88. The quantitative estimate of drug-likeness (QED) is 0.847. The Labute approximate surface area is 111 Å². The Kier molecular flexibility index (Phi) is 6.22. The minimum absolute atomic E-state index is 0.0503. The van der Waals surface area contributed by atoms with E-state index in [0.29, 0.717) is 13.1 Å². The molecule has 0 radical (unpaired) electrons. The first-order valence-corrected chi connectivity index (χ1v) is 6.69. The largest absolute Gasteiger partial charge is 0.352 e. The van der Waals surface area contributed by atoms with Crippen LogP contribution >= 0.6 is 15.9 Å². The zero-order chi connectivity index (χ0) is 12.7. The highest BCUT2D eigenvalue weighted by Gasteiger charge is 2.14. The highest BCUT2D eigenvalue weighted by atomic mass is 79.9. The van der Waals surface area contributed by atoms with Crippen molar-refractivity contribution >= 4 is 21.8 Å². The molecule has 0 bridgehead atoms. The molecule has 0 saturated carbocycles. The lowest BCUT2D eigenvalue weighted by molar-refractivity contribution is -0.125. The van der Waals surface area contributed by atoms with Gasteiger partial charge in [0.1, 0.15) is 0 Å². The average Bonchev–Trinajstić information content (AvgIpc) is 2.33. The fraction of sp³-hybridized carbons (Fsp3) is 0.462. The van der Waals surface area contributed by atoms with Gasteiger partial charge >= 0.3 is 0 Å². The molecule has 1 aromatic rings. The van der Waals surface area contributed by atoms with E-state index in [1.807, 2.05) is 24.3 Å². The molecule has 0 fully saturated rings. The lowest BCUT2D eigenvalue weighted by Gasteiger charge is -2.13. The number of halogens is 1. The maximum Gasteiger partial charge on any atom is 0.224 e. The van der Waals surface area contributed by atoms with Crippen LogP contribution in [0.25, 0.3) is 0 Å². The van der Waals surface area contributed by atoms with Gasteiger partial charge in [-0.1, -0.05) is 41.4 Å². The van der Waals surface area contributed by atoms with E-state index >= 15 is 0 Å². The molecule has 0 aliphatic carbocycles. The Bertz CT molecular complexity index is 368. The number of nitrogens with two attached hydrogens (primary N) is 1. The van der Waals surface area contributed by atoms with Crippen molar-refractivity contribution in [2.75, 3.05) is 6.54 Å². The molecule has 1 atom stereocenters. The van der Waals surface area contributed by atoms with Gasteiger partial charge in [-0.05, 0) is 24.1 Å². The van der Waals surface area contributed by atoms with Gasteiger partial charge in [0.2, 0.25) is 5.91 Å². The van der Waals surface area contributed by atoms with Crippen LogP contribution < -0.4 is 11.1 Å². The van der Waals surface area contributed by atoms with Gasteiger partial charge in [0, 0.05) is 17.6 Å². The molecule has 17 heavy (non-hydrogen) atoms. The fourth-order valence-corrected chi connectivity index (χ4v) is 2.13. The summed E-state index contributed by atoms with van der Waals surface area (Å²) in [5.41, 5.74) is 6.67. The smallest absolute Gasteiger partial charge is 0.224 e. The number of rotatable bonds is 6. The fourth-order valence-electron chi connectivity index (χ4n) is 1.68. The molecule has 1 amide bonds. The molecule has 0 heterocycles. The molecule has 0 aromatic heterocycles. The summed E-state index contributed by atoms with van der Waals surface area (Å²) >= 11 is 3.40. The first kappa shape index (κ1) is 14.2. The molecule has 94 valence electrons. The van der Waals surface area contributed by atoms with Crippen molar-refractivity contribution in [2.45, 2.75) is 26.3 Å². The lowest BCUT2D eigenvalue weighted by Crippen LogP contribution is -2.34. The number of hydrogen-bond acceptors (Lipinski definition) is 2. The average molecular weight is 299 g/mol. The van der Waals surface area contributed by atoms with Gasteiger partial charge in [0.05, 0.1) is 5.92 Å². The Morgan fingerprint density at radius 1 is 1.53 bits per heavy atom. The maximum absolute atomic E-state index is 11.8. The summed E-state index contributed by atoms with van der Waals surface area (Å²) in [5, 5.41) is 2.92. The van der Waals surface area contributed by atoms with Gasteiger partial charge in [-0.3, -0.25) is 4.79 Å². The van der Waals surface area contributed by atoms with Crippen molar-refractivity contribution in [3.63, 3.8) is 0 Å². The highest BCUT2D eigenvalue weighted by Crippen LogP contribution is 2.12. The number of carbonyl (C=O) groups is 1. The minimum Gasteiger partial charge on any atom is -0.352 e. The summed E-state index contributed by atoms with van der Waals surface area (Å²) in [5.74, 6) is -0.0125. The van der Waals surface area contributed by atoms with Crippen molar-refractivity contribution < 1.29 is 4.79 Å². The lowest BCUT2D eigenvalue weighted by atomic mass is 10.0. The molecule has 3 N–H and O–H groups in total. The Balaban J connectivity index is 2.47. The molecular weight excluding hydrogens is 280 g/mol. The number of nitrogens with one attached hydrogen (secondary N) is 1. The van der Waals surface area contributed by atoms with Crippen LogP contribution in [0.15, 0.2) is 28.7 Å². The van der Waals surface area contributed by atoms with Crippen LogP contribution in [0.1, 0.15) is 25.3 Å². The predicted molar refractivity (Wildman–Crippen MR) is 73.4 cm³/mol. The predicted octanol–water partition coefficient (Wildman–Crippen LogP) is 2.44. The number of carbonyl (C=O) groups excluding carboxylic acids is 1. The zero-order valence-corrected chi connectivity index (χ0v) is 11.7.